The molecule has 0 N–H and O–H groups in total. The Balaban J connectivity index is 1.10. The molecule has 4 aromatic rings. The first kappa shape index (κ1) is 42.2. The van der Waals surface area contributed by atoms with Crippen LogP contribution < -0.4 is 10.0 Å². The van der Waals surface area contributed by atoms with Gasteiger partial charge in [-0.3, -0.25) is 19.4 Å². The number of ether oxygens (including phenoxy) is 2. The summed E-state index contributed by atoms with van der Waals surface area (Å²) in [6.45, 7) is 9.83. The van der Waals surface area contributed by atoms with E-state index in [1.165, 1.54) is 48.1 Å². The molecule has 4 aliphatic heterocycles. The predicted octanol–water partition coefficient (Wildman–Crippen LogP) is 6.46. The molecule has 320 valence electrons. The number of rotatable bonds is 12. The number of benzene rings is 4. The first-order valence-electron chi connectivity index (χ1n) is 20.1. The molecule has 4 aliphatic rings. The van der Waals surface area contributed by atoms with Gasteiger partial charge in [-0.25, -0.2) is 28.0 Å². The highest BCUT2D eigenvalue weighted by Crippen LogP contribution is 2.42. The lowest BCUT2D eigenvalue weighted by Crippen LogP contribution is -2.46. The van der Waals surface area contributed by atoms with Gasteiger partial charge in [0.2, 0.25) is 21.8 Å². The number of ketones is 2. The molecule has 4 aromatic carbocycles. The molecule has 0 bridgehead atoms. The van der Waals surface area contributed by atoms with E-state index in [0.717, 1.165) is 0 Å². The molecule has 0 radical (unpaired) electrons. The number of allylic oxidation sites excluding steroid dienone is 2. The average Bonchev–Trinajstić information content (AvgIpc) is 3.85. The number of carbonyl (C=O) groups excluding carboxylic acids is 4. The van der Waals surface area contributed by atoms with Crippen LogP contribution in [0, 0.1) is 0 Å². The second-order valence-corrected chi connectivity index (χ2v) is 16.7. The molecule has 8 rings (SSSR count). The summed E-state index contributed by atoms with van der Waals surface area (Å²) in [5.74, 6) is -1.30. The lowest BCUT2D eigenvalue weighted by atomic mass is 9.94. The third-order valence-corrected chi connectivity index (χ3v) is 12.5. The van der Waals surface area contributed by atoms with E-state index < -0.39 is 33.9 Å². The largest absolute Gasteiger partial charge is 0.463 e. The Morgan fingerprint density at radius 3 is 1.22 bits per heavy atom. The molecular weight excluding hydrogens is 825 g/mol. The first-order valence-corrected chi connectivity index (χ1v) is 21.6. The second-order valence-electron chi connectivity index (χ2n) is 14.7. The molecule has 0 aromatic heterocycles. The molecule has 0 saturated heterocycles. The lowest BCUT2D eigenvalue weighted by molar-refractivity contribution is -0.140. The van der Waals surface area contributed by atoms with Crippen LogP contribution >= 0.6 is 0 Å². The Morgan fingerprint density at radius 2 is 0.905 bits per heavy atom. The van der Waals surface area contributed by atoms with E-state index in [9.17, 15) is 27.6 Å². The van der Waals surface area contributed by atoms with Crippen LogP contribution in [0.3, 0.4) is 0 Å². The second kappa shape index (κ2) is 16.7. The zero-order valence-corrected chi connectivity index (χ0v) is 36.0. The number of nitrogens with zero attached hydrogens (tertiary/aromatic N) is 8. The molecule has 0 aliphatic carbocycles. The number of amidine groups is 2. The molecule has 17 heteroatoms. The van der Waals surface area contributed by atoms with Crippen molar-refractivity contribution in [3.05, 3.63) is 143 Å². The van der Waals surface area contributed by atoms with Crippen LogP contribution in [0.1, 0.15) is 64.8 Å². The highest BCUT2D eigenvalue weighted by atomic mass is 32.2. The summed E-state index contributed by atoms with van der Waals surface area (Å²) in [5.41, 5.74) is 3.54. The summed E-state index contributed by atoms with van der Waals surface area (Å²) in [5, 5.41) is 12.2. The number of hydrogen-bond donors (Lipinski definition) is 0. The quantitative estimate of drug-likeness (QED) is 0.142. The molecule has 2 unspecified atom stereocenters. The highest BCUT2D eigenvalue weighted by Gasteiger charge is 2.47. The molecular formula is C46H42N8O8S. The topological polar surface area (TPSA) is 183 Å². The van der Waals surface area contributed by atoms with E-state index in [-0.39, 0.29) is 69.3 Å². The Bertz CT molecular complexity index is 2660. The number of Topliss-reactive ketones (excluding diaryl/α,β-unsaturated/α-hetero) is 2. The molecule has 16 nitrogen and oxygen atoms in total. The van der Waals surface area contributed by atoms with Crippen molar-refractivity contribution in [3.8, 4) is 0 Å². The molecule has 4 heterocycles. The normalized spacial score (nSPS) is 18.3. The van der Waals surface area contributed by atoms with Crippen LogP contribution in [0.25, 0.3) is 0 Å². The predicted molar refractivity (Wildman–Crippen MR) is 235 cm³/mol. The van der Waals surface area contributed by atoms with Crippen LogP contribution in [0.5, 0.6) is 0 Å². The van der Waals surface area contributed by atoms with Gasteiger partial charge in [-0.2, -0.15) is 10.0 Å². The Labute approximate surface area is 363 Å². The van der Waals surface area contributed by atoms with Crippen LogP contribution in [-0.4, -0.2) is 78.5 Å². The van der Waals surface area contributed by atoms with Crippen molar-refractivity contribution < 1.29 is 37.1 Å². The Hall–Kier alpha value is -7.53. The van der Waals surface area contributed by atoms with Crippen molar-refractivity contribution in [3.63, 3.8) is 0 Å². The molecule has 63 heavy (non-hydrogen) atoms. The van der Waals surface area contributed by atoms with E-state index in [2.05, 4.69) is 10.2 Å². The van der Waals surface area contributed by atoms with Gasteiger partial charge in [0.25, 0.3) is 0 Å². The molecule has 0 saturated carbocycles. The van der Waals surface area contributed by atoms with Crippen molar-refractivity contribution in [2.24, 2.45) is 20.2 Å². The summed E-state index contributed by atoms with van der Waals surface area (Å²) in [4.78, 5) is 65.6. The standard InChI is InChI=1S/C46H42N8O8S/c1-7-61-43(57)37-27(3)47-45-51(39(37)31-15-11-9-12-16-31)41(29(5)55)49-53(45)33-19-23-35(24-20-33)63(59,60)36-25-21-34(22-26-36)54-46-48-28(4)38(44(58)62-8-2)40(32-17-13-10-14-18-32)52(46)42(50-54)30(6)56/h9-26,39-40H,7-8H2,1-6H3. The summed E-state index contributed by atoms with van der Waals surface area (Å²) in [6.07, 6.45) is 0. The van der Waals surface area contributed by atoms with Crippen LogP contribution in [0.2, 0.25) is 0 Å². The minimum absolute atomic E-state index is 0.0157. The number of guanidine groups is 2. The number of esters is 2. The van der Waals surface area contributed by atoms with E-state index in [4.69, 9.17) is 19.5 Å². The van der Waals surface area contributed by atoms with Gasteiger partial charge in [0.05, 0.1) is 69.0 Å². The van der Waals surface area contributed by atoms with Gasteiger partial charge in [0.15, 0.2) is 23.2 Å². The van der Waals surface area contributed by atoms with Crippen molar-refractivity contribution in [2.45, 2.75) is 63.4 Å². The Morgan fingerprint density at radius 1 is 0.556 bits per heavy atom. The average molecular weight is 867 g/mol. The number of hydrogen-bond acceptors (Lipinski definition) is 16. The third-order valence-electron chi connectivity index (χ3n) is 10.7. The maximum absolute atomic E-state index is 14.1. The van der Waals surface area contributed by atoms with E-state index in [0.29, 0.717) is 33.9 Å². The zero-order valence-electron chi connectivity index (χ0n) is 35.2. The van der Waals surface area contributed by atoms with Gasteiger partial charge in [0.1, 0.15) is 0 Å². The fourth-order valence-corrected chi connectivity index (χ4v) is 9.12. The zero-order chi connectivity index (χ0) is 44.7. The monoisotopic (exact) mass is 866 g/mol. The fourth-order valence-electron chi connectivity index (χ4n) is 7.86. The number of sulfone groups is 1. The molecule has 2 atom stereocenters. The number of carbonyl (C=O) groups is 4. The third kappa shape index (κ3) is 7.39. The number of anilines is 2. The molecule has 0 fully saturated rings. The molecule has 0 amide bonds. The van der Waals surface area contributed by atoms with E-state index in [1.807, 2.05) is 60.7 Å². The van der Waals surface area contributed by atoms with Crippen molar-refractivity contribution in [1.82, 2.24) is 9.80 Å². The SMILES string of the molecule is CCOC(=O)C1=C(C)N=C2N(c3ccc(S(=O)(=O)c4ccc(N5N=C(C(C)=O)N6C5=NC(C)=C(C(=O)OCC)C6c5ccccc5)cc4)cc3)N=C(C(C)=O)N2C1c1ccccc1. The first-order chi connectivity index (χ1) is 30.3. The highest BCUT2D eigenvalue weighted by molar-refractivity contribution is 7.91. The minimum atomic E-state index is -4.08. The van der Waals surface area contributed by atoms with Crippen LogP contribution in [-0.2, 0) is 38.5 Å². The van der Waals surface area contributed by atoms with Gasteiger partial charge >= 0.3 is 11.9 Å². The number of aliphatic imine (C=N–C) groups is 2. The van der Waals surface area contributed by atoms with Gasteiger partial charge in [-0.05, 0) is 87.4 Å². The fraction of sp³-hybridized carbons (Fsp3) is 0.217. The van der Waals surface area contributed by atoms with E-state index >= 15 is 0 Å². The summed E-state index contributed by atoms with van der Waals surface area (Å²) < 4.78 is 39.0. The smallest absolute Gasteiger partial charge is 0.338 e. The summed E-state index contributed by atoms with van der Waals surface area (Å²) in [7, 11) is -4.08. The van der Waals surface area contributed by atoms with Crippen molar-refractivity contribution in [2.75, 3.05) is 23.2 Å². The lowest BCUT2D eigenvalue weighted by Gasteiger charge is -2.35. The van der Waals surface area contributed by atoms with Crippen molar-refractivity contribution >= 4 is 68.3 Å². The maximum Gasteiger partial charge on any atom is 0.338 e. The van der Waals surface area contributed by atoms with Crippen LogP contribution in [0.4, 0.5) is 11.4 Å². The number of hydrazone groups is 2. The Kier molecular flexibility index (Phi) is 11.2. The van der Waals surface area contributed by atoms with Gasteiger partial charge in [-0.1, -0.05) is 60.7 Å². The van der Waals surface area contributed by atoms with Crippen LogP contribution in [0.15, 0.2) is 162 Å². The summed E-state index contributed by atoms with van der Waals surface area (Å²) >= 11 is 0. The van der Waals surface area contributed by atoms with E-state index in [1.54, 1.807) is 61.8 Å². The number of fused-ring (bicyclic) bond motifs is 2. The summed E-state index contributed by atoms with van der Waals surface area (Å²) in [6, 6.07) is 28.8. The maximum atomic E-state index is 14.1. The molecule has 0 spiro atoms. The van der Waals surface area contributed by atoms with Crippen molar-refractivity contribution in [1.29, 1.82) is 0 Å². The van der Waals surface area contributed by atoms with Gasteiger partial charge < -0.3 is 9.47 Å². The van der Waals surface area contributed by atoms with Gasteiger partial charge in [-0.15, -0.1) is 10.2 Å². The van der Waals surface area contributed by atoms with Gasteiger partial charge in [0, 0.05) is 13.8 Å². The minimum Gasteiger partial charge on any atom is -0.463 e.